The van der Waals surface area contributed by atoms with Gasteiger partial charge in [-0.2, -0.15) is 5.11 Å². The van der Waals surface area contributed by atoms with Crippen molar-refractivity contribution in [1.29, 1.82) is 0 Å². The van der Waals surface area contributed by atoms with Crippen LogP contribution in [-0.2, 0) is 0 Å². The molecule has 0 saturated carbocycles. The third-order valence-corrected chi connectivity index (χ3v) is 1.19. The number of rotatable bonds is 0. The highest BCUT2D eigenvalue weighted by Crippen LogP contribution is 2.03. The molecule has 0 unspecified atom stereocenters. The fourth-order valence-corrected chi connectivity index (χ4v) is 0.461. The van der Waals surface area contributed by atoms with Gasteiger partial charge in [-0.05, 0) is 6.92 Å². The molecule has 7 heavy (non-hydrogen) atoms. The van der Waals surface area contributed by atoms with E-state index in [1.165, 1.54) is 0 Å². The first-order valence-electron chi connectivity index (χ1n) is 2.41. The predicted molar refractivity (Wildman–Crippen MR) is 26.9 cm³/mol. The first-order chi connectivity index (χ1) is 3.30. The molecule has 1 rings (SSSR count). The minimum absolute atomic E-state index is 0.514. The third-order valence-electron chi connectivity index (χ3n) is 1.19. The Labute approximate surface area is 43.0 Å². The largest absolute Gasteiger partial charge is 0.277 e. The van der Waals surface area contributed by atoms with E-state index in [-0.39, 0.29) is 0 Å². The summed E-state index contributed by atoms with van der Waals surface area (Å²) in [5, 5.41) is 9.43. The van der Waals surface area contributed by atoms with Crippen molar-refractivity contribution in [3.8, 4) is 0 Å². The third kappa shape index (κ3) is 0.706. The van der Waals surface area contributed by atoms with Crippen LogP contribution in [-0.4, -0.2) is 24.6 Å². The lowest BCUT2D eigenvalue weighted by atomic mass is 10.4. The summed E-state index contributed by atoms with van der Waals surface area (Å²) in [6, 6.07) is 0.514. The van der Waals surface area contributed by atoms with Gasteiger partial charge in [0.25, 0.3) is 0 Å². The van der Waals surface area contributed by atoms with E-state index in [4.69, 9.17) is 0 Å². The second-order valence-electron chi connectivity index (χ2n) is 1.84. The molecule has 1 aliphatic rings. The lowest BCUT2D eigenvalue weighted by molar-refractivity contribution is 0.311. The average Bonchev–Trinajstić information content (AvgIpc) is 1.91. The van der Waals surface area contributed by atoms with Crippen molar-refractivity contribution in [3.05, 3.63) is 0 Å². The molecule has 0 spiro atoms. The van der Waals surface area contributed by atoms with Gasteiger partial charge in [0.2, 0.25) is 0 Å². The molecule has 40 valence electrons. The summed E-state index contributed by atoms with van der Waals surface area (Å²) in [4.78, 5) is 0. The van der Waals surface area contributed by atoms with Crippen LogP contribution in [0.15, 0.2) is 10.3 Å². The highest BCUT2D eigenvalue weighted by Gasteiger charge is 2.10. The first kappa shape index (κ1) is 4.56. The first-order valence-corrected chi connectivity index (χ1v) is 2.41. The molecule has 0 radical (unpaired) electrons. The Morgan fingerprint density at radius 2 is 2.43 bits per heavy atom. The van der Waals surface area contributed by atoms with Gasteiger partial charge in [0.1, 0.15) is 0 Å². The molecule has 0 aromatic carbocycles. The quantitative estimate of drug-likeness (QED) is 0.439. The topological polar surface area (TPSA) is 28.0 Å². The SMILES string of the molecule is C[C@H]1CN=NN1C. The van der Waals surface area contributed by atoms with Crippen LogP contribution in [0.3, 0.4) is 0 Å². The molecule has 0 fully saturated rings. The number of hydrogen-bond donors (Lipinski definition) is 0. The van der Waals surface area contributed by atoms with E-state index < -0.39 is 0 Å². The molecule has 3 heteroatoms. The monoisotopic (exact) mass is 99.1 g/mol. The van der Waals surface area contributed by atoms with Gasteiger partial charge in [-0.1, -0.05) is 5.22 Å². The van der Waals surface area contributed by atoms with Gasteiger partial charge in [-0.15, -0.1) is 0 Å². The Hall–Kier alpha value is -0.600. The molecule has 0 amide bonds. The van der Waals surface area contributed by atoms with Gasteiger partial charge in [-0.25, -0.2) is 0 Å². The van der Waals surface area contributed by atoms with Gasteiger partial charge in [0, 0.05) is 7.05 Å². The Balaban J connectivity index is 2.45. The zero-order chi connectivity index (χ0) is 5.28. The van der Waals surface area contributed by atoms with Crippen molar-refractivity contribution in [2.75, 3.05) is 13.6 Å². The Morgan fingerprint density at radius 1 is 1.71 bits per heavy atom. The van der Waals surface area contributed by atoms with E-state index in [9.17, 15) is 0 Å². The summed E-state index contributed by atoms with van der Waals surface area (Å²) < 4.78 is 0. The van der Waals surface area contributed by atoms with Crippen molar-refractivity contribution in [1.82, 2.24) is 5.01 Å². The number of nitrogens with zero attached hydrogens (tertiary/aromatic N) is 3. The van der Waals surface area contributed by atoms with Crippen LogP contribution in [0.25, 0.3) is 0 Å². The normalized spacial score (nSPS) is 29.4. The fraction of sp³-hybridized carbons (Fsp3) is 1.00. The summed E-state index contributed by atoms with van der Waals surface area (Å²) >= 11 is 0. The molecule has 0 bridgehead atoms. The molecular weight excluding hydrogens is 90.1 g/mol. The van der Waals surface area contributed by atoms with Crippen LogP contribution in [0.2, 0.25) is 0 Å². The molecule has 1 atom stereocenters. The van der Waals surface area contributed by atoms with Crippen molar-refractivity contribution >= 4 is 0 Å². The Kier molecular flexibility index (Phi) is 0.964. The van der Waals surface area contributed by atoms with Gasteiger partial charge < -0.3 is 0 Å². The Bertz CT molecular complexity index is 88.9. The summed E-state index contributed by atoms with van der Waals surface area (Å²) in [6.45, 7) is 2.95. The Morgan fingerprint density at radius 3 is 2.57 bits per heavy atom. The summed E-state index contributed by atoms with van der Waals surface area (Å²) in [5.74, 6) is 0. The lowest BCUT2D eigenvalue weighted by Gasteiger charge is -2.08. The molecule has 0 N–H and O–H groups in total. The molecular formula is C4H9N3. The van der Waals surface area contributed by atoms with Crippen LogP contribution in [0.4, 0.5) is 0 Å². The molecule has 0 aromatic rings. The zero-order valence-electron chi connectivity index (χ0n) is 4.63. The standard InChI is InChI=1S/C4H9N3/c1-4-3-5-6-7(4)2/h4H,3H2,1-2H3/t4-/m0/s1. The van der Waals surface area contributed by atoms with Gasteiger partial charge >= 0.3 is 0 Å². The van der Waals surface area contributed by atoms with E-state index in [0.29, 0.717) is 6.04 Å². The maximum atomic E-state index is 3.80. The predicted octanol–water partition coefficient (Wildman–Crippen LogP) is 0.688. The van der Waals surface area contributed by atoms with Crippen molar-refractivity contribution < 1.29 is 0 Å². The highest BCUT2D eigenvalue weighted by molar-refractivity contribution is 4.64. The summed E-state index contributed by atoms with van der Waals surface area (Å²) in [7, 11) is 1.93. The van der Waals surface area contributed by atoms with Crippen molar-refractivity contribution in [2.24, 2.45) is 10.3 Å². The molecule has 1 heterocycles. The van der Waals surface area contributed by atoms with E-state index in [2.05, 4.69) is 17.3 Å². The molecule has 1 aliphatic heterocycles. The van der Waals surface area contributed by atoms with Crippen LogP contribution < -0.4 is 0 Å². The second-order valence-corrected chi connectivity index (χ2v) is 1.84. The maximum absolute atomic E-state index is 3.80. The van der Waals surface area contributed by atoms with Crippen LogP contribution in [0.5, 0.6) is 0 Å². The van der Waals surface area contributed by atoms with Crippen molar-refractivity contribution in [3.63, 3.8) is 0 Å². The van der Waals surface area contributed by atoms with Gasteiger partial charge in [0.05, 0.1) is 12.6 Å². The summed E-state index contributed by atoms with van der Waals surface area (Å²) in [6.07, 6.45) is 0. The summed E-state index contributed by atoms with van der Waals surface area (Å²) in [5.41, 5.74) is 0. The average molecular weight is 99.1 g/mol. The minimum atomic E-state index is 0.514. The van der Waals surface area contributed by atoms with Crippen LogP contribution in [0, 0.1) is 0 Å². The molecule has 0 aromatic heterocycles. The second kappa shape index (κ2) is 1.48. The zero-order valence-corrected chi connectivity index (χ0v) is 4.63. The van der Waals surface area contributed by atoms with E-state index >= 15 is 0 Å². The van der Waals surface area contributed by atoms with Crippen molar-refractivity contribution in [2.45, 2.75) is 13.0 Å². The van der Waals surface area contributed by atoms with Gasteiger partial charge in [0.15, 0.2) is 0 Å². The number of likely N-dealkylation sites (N-methyl/N-ethyl adjacent to an activating group) is 1. The fourth-order valence-electron chi connectivity index (χ4n) is 0.461. The van der Waals surface area contributed by atoms with E-state index in [1.807, 2.05) is 12.1 Å². The van der Waals surface area contributed by atoms with Crippen LogP contribution in [0.1, 0.15) is 6.92 Å². The molecule has 0 saturated heterocycles. The minimum Gasteiger partial charge on any atom is -0.277 e. The maximum Gasteiger partial charge on any atom is 0.0838 e. The lowest BCUT2D eigenvalue weighted by Crippen LogP contribution is -2.20. The van der Waals surface area contributed by atoms with E-state index in [0.717, 1.165) is 6.54 Å². The number of hydrogen-bond acceptors (Lipinski definition) is 3. The van der Waals surface area contributed by atoms with E-state index in [1.54, 1.807) is 0 Å². The molecule has 0 aliphatic carbocycles. The van der Waals surface area contributed by atoms with Crippen LogP contribution >= 0.6 is 0 Å². The highest BCUT2D eigenvalue weighted by atomic mass is 15.6. The molecule has 3 nitrogen and oxygen atoms in total. The van der Waals surface area contributed by atoms with Gasteiger partial charge in [-0.3, -0.25) is 5.01 Å². The smallest absolute Gasteiger partial charge is 0.0838 e.